The van der Waals surface area contributed by atoms with Crippen molar-refractivity contribution in [3.8, 4) is 0 Å². The molecule has 50 valence electrons. The molecule has 2 nitrogen and oxygen atoms in total. The van der Waals surface area contributed by atoms with Gasteiger partial charge in [-0.25, -0.2) is 0 Å². The smallest absolute Gasteiger partial charge is 0.0942 e. The second kappa shape index (κ2) is 2.18. The fourth-order valence-electron chi connectivity index (χ4n) is 0.770. The molecule has 0 atom stereocenters. The molecule has 0 aliphatic carbocycles. The monoisotopic (exact) mass is 170 g/mol. The summed E-state index contributed by atoms with van der Waals surface area (Å²) in [6.07, 6.45) is 3.42. The van der Waals surface area contributed by atoms with Gasteiger partial charge in [0.15, 0.2) is 0 Å². The highest BCUT2D eigenvalue weighted by Gasteiger charge is 1.97. The predicted octanol–water partition coefficient (Wildman–Crippen LogP) is 2.34. The SMILES string of the molecule is Clc1cc2cnncc2s1. The first-order chi connectivity index (χ1) is 4.86. The van der Waals surface area contributed by atoms with Crippen LogP contribution in [0.2, 0.25) is 4.34 Å². The number of hydrogen-bond donors (Lipinski definition) is 0. The summed E-state index contributed by atoms with van der Waals surface area (Å²) in [5, 5.41) is 8.51. The molecule has 0 bridgehead atoms. The maximum Gasteiger partial charge on any atom is 0.0942 e. The molecule has 2 aromatic rings. The van der Waals surface area contributed by atoms with E-state index in [1.54, 1.807) is 12.4 Å². The van der Waals surface area contributed by atoms with E-state index in [-0.39, 0.29) is 0 Å². The molecule has 0 aromatic carbocycles. The zero-order valence-corrected chi connectivity index (χ0v) is 6.49. The van der Waals surface area contributed by atoms with Gasteiger partial charge in [-0.3, -0.25) is 0 Å². The lowest BCUT2D eigenvalue weighted by atomic mass is 10.4. The number of thiophene rings is 1. The maximum atomic E-state index is 5.75. The lowest BCUT2D eigenvalue weighted by Gasteiger charge is -1.80. The van der Waals surface area contributed by atoms with Crippen molar-refractivity contribution in [2.24, 2.45) is 0 Å². The third-order valence-electron chi connectivity index (χ3n) is 1.20. The summed E-state index contributed by atoms with van der Waals surface area (Å²) < 4.78 is 1.87. The molecular formula is C6H3ClN2S. The lowest BCUT2D eigenvalue weighted by molar-refractivity contribution is 1.05. The first kappa shape index (κ1) is 6.07. The van der Waals surface area contributed by atoms with Crippen LogP contribution in [0.3, 0.4) is 0 Å². The van der Waals surface area contributed by atoms with Crippen LogP contribution in [0.1, 0.15) is 0 Å². The summed E-state index contributed by atoms with van der Waals surface area (Å²) >= 11 is 7.26. The van der Waals surface area contributed by atoms with Crippen LogP contribution < -0.4 is 0 Å². The van der Waals surface area contributed by atoms with Gasteiger partial charge < -0.3 is 0 Å². The Morgan fingerprint density at radius 3 is 2.90 bits per heavy atom. The first-order valence-electron chi connectivity index (χ1n) is 2.72. The van der Waals surface area contributed by atoms with Gasteiger partial charge in [0.1, 0.15) is 0 Å². The van der Waals surface area contributed by atoms with Gasteiger partial charge in [0.05, 0.1) is 21.4 Å². The molecule has 0 saturated carbocycles. The van der Waals surface area contributed by atoms with Gasteiger partial charge in [-0.1, -0.05) is 11.6 Å². The third kappa shape index (κ3) is 0.874. The second-order valence-corrected chi connectivity index (χ2v) is 3.57. The van der Waals surface area contributed by atoms with Crippen molar-refractivity contribution in [1.29, 1.82) is 0 Å². The highest BCUT2D eigenvalue weighted by molar-refractivity contribution is 7.22. The predicted molar refractivity (Wildman–Crippen MR) is 42.4 cm³/mol. The van der Waals surface area contributed by atoms with Crippen LogP contribution in [-0.4, -0.2) is 10.2 Å². The minimum Gasteiger partial charge on any atom is -0.158 e. The fraction of sp³-hybridized carbons (Fsp3) is 0. The molecule has 2 heterocycles. The van der Waals surface area contributed by atoms with E-state index in [1.807, 2.05) is 6.07 Å². The second-order valence-electron chi connectivity index (χ2n) is 1.86. The van der Waals surface area contributed by atoms with Crippen LogP contribution in [0.5, 0.6) is 0 Å². The number of hydrogen-bond acceptors (Lipinski definition) is 3. The summed E-state index contributed by atoms with van der Waals surface area (Å²) in [7, 11) is 0. The number of halogens is 1. The molecular weight excluding hydrogens is 168 g/mol. The fourth-order valence-corrected chi connectivity index (χ4v) is 1.86. The van der Waals surface area contributed by atoms with Gasteiger partial charge in [0.25, 0.3) is 0 Å². The van der Waals surface area contributed by atoms with E-state index in [4.69, 9.17) is 11.6 Å². The van der Waals surface area contributed by atoms with Gasteiger partial charge in [-0.2, -0.15) is 10.2 Å². The normalized spacial score (nSPS) is 10.5. The Hall–Kier alpha value is -0.670. The zero-order valence-electron chi connectivity index (χ0n) is 4.91. The summed E-state index contributed by atoms with van der Waals surface area (Å²) in [6, 6.07) is 1.89. The topological polar surface area (TPSA) is 25.8 Å². The first-order valence-corrected chi connectivity index (χ1v) is 3.91. The van der Waals surface area contributed by atoms with Gasteiger partial charge >= 0.3 is 0 Å². The Morgan fingerprint density at radius 1 is 1.30 bits per heavy atom. The van der Waals surface area contributed by atoms with E-state index in [2.05, 4.69) is 10.2 Å². The lowest BCUT2D eigenvalue weighted by Crippen LogP contribution is -1.73. The Balaban J connectivity index is 2.88. The van der Waals surface area contributed by atoms with Gasteiger partial charge in [0.2, 0.25) is 0 Å². The van der Waals surface area contributed by atoms with E-state index >= 15 is 0 Å². The number of fused-ring (bicyclic) bond motifs is 1. The Labute approximate surface area is 66.5 Å². The van der Waals surface area contributed by atoms with E-state index in [1.165, 1.54) is 11.3 Å². The van der Waals surface area contributed by atoms with Crippen molar-refractivity contribution in [2.45, 2.75) is 0 Å². The van der Waals surface area contributed by atoms with E-state index < -0.39 is 0 Å². The molecule has 0 fully saturated rings. The quantitative estimate of drug-likeness (QED) is 0.607. The van der Waals surface area contributed by atoms with Crippen molar-refractivity contribution in [2.75, 3.05) is 0 Å². The maximum absolute atomic E-state index is 5.75. The zero-order chi connectivity index (χ0) is 6.97. The number of aromatic nitrogens is 2. The highest BCUT2D eigenvalue weighted by Crippen LogP contribution is 2.27. The standard InChI is InChI=1S/C6H3ClN2S/c7-6-1-4-2-8-9-3-5(4)10-6/h1-3H. The molecule has 0 N–H and O–H groups in total. The Bertz CT molecular complexity index is 324. The minimum absolute atomic E-state index is 0.782. The average molecular weight is 171 g/mol. The molecule has 0 aliphatic rings. The molecule has 4 heteroatoms. The summed E-state index contributed by atoms with van der Waals surface area (Å²) in [4.78, 5) is 0. The summed E-state index contributed by atoms with van der Waals surface area (Å²) in [5.74, 6) is 0. The molecule has 0 unspecified atom stereocenters. The van der Waals surface area contributed by atoms with E-state index in [0.29, 0.717) is 0 Å². The number of rotatable bonds is 0. The average Bonchev–Trinajstić information content (AvgIpc) is 2.27. The largest absolute Gasteiger partial charge is 0.158 e. The van der Waals surface area contributed by atoms with Crippen molar-refractivity contribution in [1.82, 2.24) is 10.2 Å². The summed E-state index contributed by atoms with van der Waals surface area (Å²) in [5.41, 5.74) is 0. The molecule has 0 amide bonds. The molecule has 0 spiro atoms. The molecule has 0 saturated heterocycles. The van der Waals surface area contributed by atoms with Crippen molar-refractivity contribution in [3.05, 3.63) is 22.8 Å². The Morgan fingerprint density at radius 2 is 2.10 bits per heavy atom. The van der Waals surface area contributed by atoms with Crippen LogP contribution in [0.15, 0.2) is 18.5 Å². The summed E-state index contributed by atoms with van der Waals surface area (Å²) in [6.45, 7) is 0. The highest BCUT2D eigenvalue weighted by atomic mass is 35.5. The van der Waals surface area contributed by atoms with Crippen LogP contribution >= 0.6 is 22.9 Å². The van der Waals surface area contributed by atoms with Crippen molar-refractivity contribution < 1.29 is 0 Å². The molecule has 2 aromatic heterocycles. The molecule has 2 rings (SSSR count). The van der Waals surface area contributed by atoms with Crippen LogP contribution in [0.25, 0.3) is 10.1 Å². The van der Waals surface area contributed by atoms with E-state index in [0.717, 1.165) is 14.4 Å². The molecule has 10 heavy (non-hydrogen) atoms. The van der Waals surface area contributed by atoms with E-state index in [9.17, 15) is 0 Å². The minimum atomic E-state index is 0.782. The van der Waals surface area contributed by atoms with Crippen LogP contribution in [-0.2, 0) is 0 Å². The van der Waals surface area contributed by atoms with Crippen molar-refractivity contribution in [3.63, 3.8) is 0 Å². The van der Waals surface area contributed by atoms with Crippen molar-refractivity contribution >= 4 is 33.0 Å². The molecule has 0 radical (unpaired) electrons. The molecule has 0 aliphatic heterocycles. The van der Waals surface area contributed by atoms with Gasteiger partial charge in [0, 0.05) is 5.39 Å². The van der Waals surface area contributed by atoms with Crippen LogP contribution in [0.4, 0.5) is 0 Å². The Kier molecular flexibility index (Phi) is 1.32. The third-order valence-corrected chi connectivity index (χ3v) is 2.41. The van der Waals surface area contributed by atoms with Gasteiger partial charge in [-0.05, 0) is 6.07 Å². The van der Waals surface area contributed by atoms with Crippen LogP contribution in [0, 0.1) is 0 Å². The number of nitrogens with zero attached hydrogens (tertiary/aromatic N) is 2. The van der Waals surface area contributed by atoms with Gasteiger partial charge in [-0.15, -0.1) is 11.3 Å².